The number of carbonyl (C=O) groups is 1. The number of aryl methyl sites for hydroxylation is 1. The van der Waals surface area contributed by atoms with Crippen molar-refractivity contribution in [1.82, 2.24) is 25.3 Å². The lowest BCUT2D eigenvalue weighted by Gasteiger charge is -2.32. The minimum absolute atomic E-state index is 0.0147. The molecule has 0 bridgehead atoms. The summed E-state index contributed by atoms with van der Waals surface area (Å²) in [6.45, 7) is 4.00. The quantitative estimate of drug-likeness (QED) is 0.590. The molecule has 1 saturated heterocycles. The lowest BCUT2D eigenvalue weighted by Crippen LogP contribution is -2.44. The monoisotopic (exact) mass is 448 g/mol. The largest absolute Gasteiger partial charge is 0.497 e. The Morgan fingerprint density at radius 2 is 1.94 bits per heavy atom. The van der Waals surface area contributed by atoms with Gasteiger partial charge in [0.05, 0.1) is 31.0 Å². The molecule has 3 aromatic rings. The second-order valence-electron chi connectivity index (χ2n) is 8.12. The van der Waals surface area contributed by atoms with E-state index in [1.54, 1.807) is 13.2 Å². The van der Waals surface area contributed by atoms with Crippen LogP contribution >= 0.6 is 0 Å². The zero-order chi connectivity index (χ0) is 23.2. The van der Waals surface area contributed by atoms with Crippen LogP contribution in [-0.4, -0.2) is 52.6 Å². The highest BCUT2D eigenvalue weighted by Gasteiger charge is 2.26. The molecule has 1 N–H and O–H groups in total. The van der Waals surface area contributed by atoms with Gasteiger partial charge in [0.1, 0.15) is 5.75 Å². The lowest BCUT2D eigenvalue weighted by molar-refractivity contribution is -0.125. The zero-order valence-corrected chi connectivity index (χ0v) is 18.9. The molecular formula is C24H28N6O3. The minimum Gasteiger partial charge on any atom is -0.497 e. The first-order valence-electron chi connectivity index (χ1n) is 11.1. The van der Waals surface area contributed by atoms with Gasteiger partial charge in [-0.2, -0.15) is 10.2 Å². The first-order chi connectivity index (χ1) is 16.0. The summed E-state index contributed by atoms with van der Waals surface area (Å²) in [4.78, 5) is 27.1. The van der Waals surface area contributed by atoms with Crippen molar-refractivity contribution in [2.24, 2.45) is 5.92 Å². The van der Waals surface area contributed by atoms with Crippen molar-refractivity contribution < 1.29 is 9.53 Å². The van der Waals surface area contributed by atoms with Crippen LogP contribution in [-0.2, 0) is 11.3 Å². The van der Waals surface area contributed by atoms with E-state index < -0.39 is 0 Å². The maximum atomic E-state index is 12.8. The number of carbonyl (C=O) groups excluding carboxylic acids is 1. The Kier molecular flexibility index (Phi) is 6.97. The van der Waals surface area contributed by atoms with E-state index in [2.05, 4.69) is 25.5 Å². The smallest absolute Gasteiger partial charge is 0.266 e. The van der Waals surface area contributed by atoms with Crippen LogP contribution in [0.4, 0.5) is 5.82 Å². The third-order valence-corrected chi connectivity index (χ3v) is 5.78. The van der Waals surface area contributed by atoms with Gasteiger partial charge in [0, 0.05) is 31.3 Å². The molecule has 0 spiro atoms. The highest BCUT2D eigenvalue weighted by Crippen LogP contribution is 2.22. The van der Waals surface area contributed by atoms with Gasteiger partial charge < -0.3 is 15.0 Å². The molecule has 172 valence electrons. The summed E-state index contributed by atoms with van der Waals surface area (Å²) < 4.78 is 6.57. The van der Waals surface area contributed by atoms with E-state index in [1.807, 2.05) is 43.3 Å². The number of methoxy groups -OCH3 is 1. The molecule has 33 heavy (non-hydrogen) atoms. The van der Waals surface area contributed by atoms with E-state index in [1.165, 1.54) is 10.7 Å². The van der Waals surface area contributed by atoms with Gasteiger partial charge in [-0.3, -0.25) is 9.59 Å². The van der Waals surface area contributed by atoms with Gasteiger partial charge in [-0.05, 0) is 62.2 Å². The fraction of sp³-hybridized carbons (Fsp3) is 0.375. The maximum absolute atomic E-state index is 12.8. The Morgan fingerprint density at radius 1 is 1.12 bits per heavy atom. The van der Waals surface area contributed by atoms with Gasteiger partial charge in [0.15, 0.2) is 5.82 Å². The van der Waals surface area contributed by atoms with E-state index in [-0.39, 0.29) is 17.4 Å². The number of hydrogen-bond acceptors (Lipinski definition) is 7. The lowest BCUT2D eigenvalue weighted by atomic mass is 9.97. The SMILES string of the molecule is COc1ccc(-c2ccc(=O)n(CCNC(=O)C3CCCN(c4ccc(C)nn4)C3)n2)cc1. The number of hydrogen-bond donors (Lipinski definition) is 1. The summed E-state index contributed by atoms with van der Waals surface area (Å²) in [5, 5.41) is 15.8. The number of benzene rings is 1. The molecule has 3 heterocycles. The molecule has 9 nitrogen and oxygen atoms in total. The number of piperidine rings is 1. The van der Waals surface area contributed by atoms with E-state index in [9.17, 15) is 9.59 Å². The van der Waals surface area contributed by atoms with Crippen LogP contribution in [0.2, 0.25) is 0 Å². The standard InChI is InChI=1S/C24H28N6O3/c1-17-5-11-22(27-26-17)29-14-3-4-19(16-29)24(32)25-13-15-30-23(31)12-10-21(28-30)18-6-8-20(33-2)9-7-18/h5-12,19H,3-4,13-16H2,1-2H3,(H,25,32). The highest BCUT2D eigenvalue weighted by molar-refractivity contribution is 5.79. The Bertz CT molecular complexity index is 1140. The van der Waals surface area contributed by atoms with Gasteiger partial charge in [0.2, 0.25) is 5.91 Å². The topological polar surface area (TPSA) is 102 Å². The van der Waals surface area contributed by atoms with Crippen molar-refractivity contribution >= 4 is 11.7 Å². The van der Waals surface area contributed by atoms with Crippen LogP contribution in [0.3, 0.4) is 0 Å². The summed E-state index contributed by atoms with van der Waals surface area (Å²) in [6, 6.07) is 14.5. The zero-order valence-electron chi connectivity index (χ0n) is 18.9. The Labute approximate surface area is 192 Å². The minimum atomic E-state index is -0.205. The highest BCUT2D eigenvalue weighted by atomic mass is 16.5. The Balaban J connectivity index is 1.34. The molecule has 1 unspecified atom stereocenters. The maximum Gasteiger partial charge on any atom is 0.266 e. The molecule has 2 aromatic heterocycles. The summed E-state index contributed by atoms with van der Waals surface area (Å²) in [7, 11) is 1.61. The number of aromatic nitrogens is 4. The number of nitrogens with one attached hydrogen (secondary N) is 1. The molecule has 0 saturated carbocycles. The summed E-state index contributed by atoms with van der Waals surface area (Å²) in [5.74, 6) is 1.41. The third-order valence-electron chi connectivity index (χ3n) is 5.78. The summed E-state index contributed by atoms with van der Waals surface area (Å²) in [6.07, 6.45) is 1.74. The van der Waals surface area contributed by atoms with Gasteiger partial charge >= 0.3 is 0 Å². The Morgan fingerprint density at radius 3 is 2.67 bits per heavy atom. The fourth-order valence-corrected chi connectivity index (χ4v) is 3.91. The number of ether oxygens (including phenoxy) is 1. The summed E-state index contributed by atoms with van der Waals surface area (Å²) in [5.41, 5.74) is 2.23. The first kappa shape index (κ1) is 22.4. The van der Waals surface area contributed by atoms with Gasteiger partial charge in [0.25, 0.3) is 5.56 Å². The van der Waals surface area contributed by atoms with E-state index >= 15 is 0 Å². The molecule has 4 rings (SSSR count). The normalized spacial score (nSPS) is 15.8. The van der Waals surface area contributed by atoms with Crippen molar-refractivity contribution in [2.45, 2.75) is 26.3 Å². The molecule has 1 aliphatic rings. The molecule has 1 amide bonds. The molecule has 1 aliphatic heterocycles. The molecule has 1 fully saturated rings. The van der Waals surface area contributed by atoms with Crippen LogP contribution in [0.5, 0.6) is 5.75 Å². The first-order valence-corrected chi connectivity index (χ1v) is 11.1. The molecule has 9 heteroatoms. The fourth-order valence-electron chi connectivity index (χ4n) is 3.91. The number of amides is 1. The van der Waals surface area contributed by atoms with Gasteiger partial charge in [-0.25, -0.2) is 4.68 Å². The molecule has 1 aromatic carbocycles. The van der Waals surface area contributed by atoms with E-state index in [4.69, 9.17) is 4.74 Å². The number of nitrogens with zero attached hydrogens (tertiary/aromatic N) is 5. The average Bonchev–Trinajstić information content (AvgIpc) is 2.85. The van der Waals surface area contributed by atoms with Crippen molar-refractivity contribution in [2.75, 3.05) is 31.6 Å². The van der Waals surface area contributed by atoms with Crippen molar-refractivity contribution in [3.8, 4) is 17.0 Å². The van der Waals surface area contributed by atoms with Crippen molar-refractivity contribution in [1.29, 1.82) is 0 Å². The second-order valence-corrected chi connectivity index (χ2v) is 8.12. The predicted octanol–water partition coefficient (Wildman–Crippen LogP) is 2.05. The van der Waals surface area contributed by atoms with Crippen LogP contribution in [0.25, 0.3) is 11.3 Å². The molecular weight excluding hydrogens is 420 g/mol. The number of anilines is 1. The van der Waals surface area contributed by atoms with Gasteiger partial charge in [-0.1, -0.05) is 0 Å². The predicted molar refractivity (Wildman–Crippen MR) is 125 cm³/mol. The van der Waals surface area contributed by atoms with Crippen LogP contribution in [0.15, 0.2) is 53.3 Å². The van der Waals surface area contributed by atoms with E-state index in [0.29, 0.717) is 25.3 Å². The van der Waals surface area contributed by atoms with Crippen LogP contribution < -0.4 is 20.5 Å². The van der Waals surface area contributed by atoms with Crippen molar-refractivity contribution in [3.63, 3.8) is 0 Å². The third kappa shape index (κ3) is 5.54. The second kappa shape index (κ2) is 10.2. The van der Waals surface area contributed by atoms with E-state index in [0.717, 1.165) is 42.2 Å². The molecule has 0 aliphatic carbocycles. The molecule has 0 radical (unpaired) electrons. The van der Waals surface area contributed by atoms with Crippen molar-refractivity contribution in [3.05, 3.63) is 64.6 Å². The van der Waals surface area contributed by atoms with Crippen LogP contribution in [0, 0.1) is 12.8 Å². The Hall–Kier alpha value is -3.75. The summed E-state index contributed by atoms with van der Waals surface area (Å²) >= 11 is 0. The number of rotatable bonds is 7. The average molecular weight is 449 g/mol. The molecule has 1 atom stereocenters. The van der Waals surface area contributed by atoms with Gasteiger partial charge in [-0.15, -0.1) is 5.10 Å². The van der Waals surface area contributed by atoms with Crippen LogP contribution in [0.1, 0.15) is 18.5 Å².